The summed E-state index contributed by atoms with van der Waals surface area (Å²) in [6.45, 7) is 5.09. The Balaban J connectivity index is 1.92. The summed E-state index contributed by atoms with van der Waals surface area (Å²) in [7, 11) is 1.64. The summed E-state index contributed by atoms with van der Waals surface area (Å²) in [5.74, 6) is 0.807. The van der Waals surface area contributed by atoms with Crippen molar-refractivity contribution in [3.8, 4) is 11.4 Å². The van der Waals surface area contributed by atoms with E-state index in [9.17, 15) is 9.90 Å². The van der Waals surface area contributed by atoms with E-state index in [0.717, 1.165) is 35.7 Å². The average molecular weight is 328 g/mol. The summed E-state index contributed by atoms with van der Waals surface area (Å²) in [6.07, 6.45) is 1.21. The van der Waals surface area contributed by atoms with E-state index < -0.39 is 6.10 Å². The molecule has 1 N–H and O–H groups in total. The number of hydrogen-bond donors (Lipinski definition) is 1. The Morgan fingerprint density at radius 3 is 2.58 bits per heavy atom. The molecule has 0 bridgehead atoms. The number of piperidine rings is 1. The number of amides is 1. The van der Waals surface area contributed by atoms with E-state index >= 15 is 0 Å². The van der Waals surface area contributed by atoms with Crippen LogP contribution in [0.2, 0.25) is 0 Å². The third-order valence-corrected chi connectivity index (χ3v) is 4.68. The summed E-state index contributed by atoms with van der Waals surface area (Å²) < 4.78 is 7.28. The van der Waals surface area contributed by atoms with Gasteiger partial charge in [-0.1, -0.05) is 0 Å². The molecule has 3 rings (SSSR count). The monoisotopic (exact) mass is 328 g/mol. The van der Waals surface area contributed by atoms with Gasteiger partial charge in [0.25, 0.3) is 5.91 Å². The quantitative estimate of drug-likeness (QED) is 0.942. The molecule has 0 saturated carbocycles. The normalized spacial score (nSPS) is 17.8. The van der Waals surface area contributed by atoms with Crippen LogP contribution in [0, 0.1) is 13.8 Å². The van der Waals surface area contributed by atoms with Crippen LogP contribution in [0.5, 0.6) is 5.75 Å². The number of hydrogen-bond acceptors (Lipinski definition) is 3. The van der Waals surface area contributed by atoms with E-state index in [-0.39, 0.29) is 5.91 Å². The van der Waals surface area contributed by atoms with Crippen LogP contribution in [-0.4, -0.2) is 46.8 Å². The minimum atomic E-state index is -0.409. The molecule has 24 heavy (non-hydrogen) atoms. The van der Waals surface area contributed by atoms with Crippen molar-refractivity contribution in [3.63, 3.8) is 0 Å². The van der Waals surface area contributed by atoms with Gasteiger partial charge in [-0.25, -0.2) is 0 Å². The number of aliphatic hydroxyl groups is 1. The van der Waals surface area contributed by atoms with Crippen LogP contribution < -0.4 is 4.74 Å². The molecular formula is C19H24N2O3. The molecule has 1 atom stereocenters. The predicted octanol–water partition coefficient (Wildman–Crippen LogP) is 2.70. The molecule has 5 nitrogen and oxygen atoms in total. The Bertz CT molecular complexity index is 734. The third kappa shape index (κ3) is 3.04. The van der Waals surface area contributed by atoms with Crippen molar-refractivity contribution in [3.05, 3.63) is 47.3 Å². The van der Waals surface area contributed by atoms with E-state index in [4.69, 9.17) is 4.74 Å². The van der Waals surface area contributed by atoms with Crippen molar-refractivity contribution in [2.24, 2.45) is 0 Å². The highest BCUT2D eigenvalue weighted by atomic mass is 16.5. The highest BCUT2D eigenvalue weighted by Crippen LogP contribution is 2.24. The largest absolute Gasteiger partial charge is 0.497 e. The molecule has 1 fully saturated rings. The van der Waals surface area contributed by atoms with Gasteiger partial charge in [-0.3, -0.25) is 4.79 Å². The third-order valence-electron chi connectivity index (χ3n) is 4.68. The molecule has 2 heterocycles. The van der Waals surface area contributed by atoms with Crippen LogP contribution in [0.25, 0.3) is 5.69 Å². The zero-order valence-electron chi connectivity index (χ0n) is 14.5. The predicted molar refractivity (Wildman–Crippen MR) is 92.9 cm³/mol. The average Bonchev–Trinajstić information content (AvgIpc) is 2.89. The molecule has 0 aliphatic carbocycles. The van der Waals surface area contributed by atoms with Crippen molar-refractivity contribution in [2.45, 2.75) is 32.8 Å². The maximum atomic E-state index is 12.8. The van der Waals surface area contributed by atoms with Gasteiger partial charge in [-0.15, -0.1) is 0 Å². The number of aliphatic hydroxyl groups excluding tert-OH is 1. The second kappa shape index (κ2) is 6.69. The first-order chi connectivity index (χ1) is 11.5. The van der Waals surface area contributed by atoms with Crippen LogP contribution in [-0.2, 0) is 0 Å². The fourth-order valence-electron chi connectivity index (χ4n) is 3.42. The molecule has 2 aromatic rings. The zero-order valence-corrected chi connectivity index (χ0v) is 14.5. The summed E-state index contributed by atoms with van der Waals surface area (Å²) in [6, 6.07) is 9.73. The number of carbonyl (C=O) groups excluding carboxylic acids is 1. The molecular weight excluding hydrogens is 304 g/mol. The summed E-state index contributed by atoms with van der Waals surface area (Å²) in [5.41, 5.74) is 3.64. The van der Waals surface area contributed by atoms with Crippen molar-refractivity contribution >= 4 is 5.91 Å². The van der Waals surface area contributed by atoms with Crippen LogP contribution in [0.15, 0.2) is 30.3 Å². The Hall–Kier alpha value is -2.27. The van der Waals surface area contributed by atoms with E-state index in [1.165, 1.54) is 0 Å². The fourth-order valence-corrected chi connectivity index (χ4v) is 3.42. The number of aromatic nitrogens is 1. The Morgan fingerprint density at radius 1 is 1.25 bits per heavy atom. The van der Waals surface area contributed by atoms with Crippen molar-refractivity contribution in [1.29, 1.82) is 0 Å². The van der Waals surface area contributed by atoms with Gasteiger partial charge >= 0.3 is 0 Å². The summed E-state index contributed by atoms with van der Waals surface area (Å²) >= 11 is 0. The number of ether oxygens (including phenoxy) is 1. The second-order valence-corrected chi connectivity index (χ2v) is 6.37. The molecule has 1 aliphatic heterocycles. The lowest BCUT2D eigenvalue weighted by Gasteiger charge is -2.30. The van der Waals surface area contributed by atoms with Crippen LogP contribution in [0.4, 0.5) is 0 Å². The fraction of sp³-hybridized carbons (Fsp3) is 0.421. The van der Waals surface area contributed by atoms with Gasteiger partial charge in [0.1, 0.15) is 5.75 Å². The molecule has 0 unspecified atom stereocenters. The number of likely N-dealkylation sites (tertiary alicyclic amines) is 1. The number of nitrogens with zero attached hydrogens (tertiary/aromatic N) is 2. The van der Waals surface area contributed by atoms with Crippen LogP contribution >= 0.6 is 0 Å². The van der Waals surface area contributed by atoms with Gasteiger partial charge in [-0.2, -0.15) is 0 Å². The maximum absolute atomic E-state index is 12.8. The van der Waals surface area contributed by atoms with E-state index in [1.54, 1.807) is 12.0 Å². The highest BCUT2D eigenvalue weighted by Gasteiger charge is 2.26. The zero-order chi connectivity index (χ0) is 17.3. The maximum Gasteiger partial charge on any atom is 0.255 e. The topological polar surface area (TPSA) is 54.7 Å². The number of β-amino-alcohol motifs (C(OH)–C–C–N with tert-alkyl or cyclic N) is 1. The van der Waals surface area contributed by atoms with E-state index in [2.05, 4.69) is 4.57 Å². The first-order valence-corrected chi connectivity index (χ1v) is 8.32. The highest BCUT2D eigenvalue weighted by molar-refractivity contribution is 5.96. The van der Waals surface area contributed by atoms with Crippen LogP contribution in [0.3, 0.4) is 0 Å². The molecule has 1 amide bonds. The Kier molecular flexibility index (Phi) is 4.62. The molecule has 5 heteroatoms. The first kappa shape index (κ1) is 16.6. The number of aryl methyl sites for hydroxylation is 1. The summed E-state index contributed by atoms with van der Waals surface area (Å²) in [4.78, 5) is 14.6. The molecule has 1 aliphatic rings. The first-order valence-electron chi connectivity index (χ1n) is 8.32. The molecule has 0 radical (unpaired) electrons. The SMILES string of the molecule is COc1ccc(-n2c(C)cc(C(=O)N3CCC[C@H](O)C3)c2C)cc1. The minimum absolute atomic E-state index is 0.00149. The number of benzene rings is 1. The van der Waals surface area contributed by atoms with Crippen molar-refractivity contribution in [2.75, 3.05) is 20.2 Å². The summed E-state index contributed by atoms with van der Waals surface area (Å²) in [5, 5.41) is 9.82. The van der Waals surface area contributed by atoms with Crippen LogP contribution in [0.1, 0.15) is 34.6 Å². The molecule has 128 valence electrons. The van der Waals surface area contributed by atoms with Gasteiger partial charge in [-0.05, 0) is 57.0 Å². The lowest BCUT2D eigenvalue weighted by Crippen LogP contribution is -2.42. The second-order valence-electron chi connectivity index (χ2n) is 6.37. The van der Waals surface area contributed by atoms with Crippen molar-refractivity contribution < 1.29 is 14.6 Å². The smallest absolute Gasteiger partial charge is 0.255 e. The van der Waals surface area contributed by atoms with Gasteiger partial charge in [0.2, 0.25) is 0 Å². The molecule has 1 saturated heterocycles. The lowest BCUT2D eigenvalue weighted by molar-refractivity contribution is 0.0473. The van der Waals surface area contributed by atoms with Gasteiger partial charge in [0, 0.05) is 30.2 Å². The van der Waals surface area contributed by atoms with E-state index in [1.807, 2.05) is 44.2 Å². The molecule has 0 spiro atoms. The lowest BCUT2D eigenvalue weighted by atomic mass is 10.1. The van der Waals surface area contributed by atoms with Crippen molar-refractivity contribution in [1.82, 2.24) is 9.47 Å². The van der Waals surface area contributed by atoms with E-state index in [0.29, 0.717) is 18.7 Å². The van der Waals surface area contributed by atoms with Gasteiger partial charge in [0.05, 0.1) is 18.8 Å². The van der Waals surface area contributed by atoms with Gasteiger partial charge < -0.3 is 19.3 Å². The minimum Gasteiger partial charge on any atom is -0.497 e. The standard InChI is InChI=1S/C19H24N2O3/c1-13-11-18(19(23)20-10-4-5-16(22)12-20)14(2)21(13)15-6-8-17(24-3)9-7-15/h6-9,11,16,22H,4-5,10,12H2,1-3H3/t16-/m0/s1. The Labute approximate surface area is 142 Å². The molecule has 1 aromatic carbocycles. The number of carbonyl (C=O) groups is 1. The molecule has 1 aromatic heterocycles. The number of methoxy groups -OCH3 is 1. The number of rotatable bonds is 3. The van der Waals surface area contributed by atoms with Gasteiger partial charge in [0.15, 0.2) is 0 Å². The Morgan fingerprint density at radius 2 is 1.96 bits per heavy atom.